The molecule has 0 aromatic rings. The molecule has 0 N–H and O–H groups in total. The van der Waals surface area contributed by atoms with E-state index in [-0.39, 0.29) is 0 Å². The van der Waals surface area contributed by atoms with Crippen molar-refractivity contribution in [3.63, 3.8) is 0 Å². The minimum atomic E-state index is 0.636. The van der Waals surface area contributed by atoms with Crippen LogP contribution in [0.1, 0.15) is 47.0 Å². The Labute approximate surface area is 76.1 Å². The quantitative estimate of drug-likeness (QED) is 0.555. The molecule has 0 radical (unpaired) electrons. The van der Waals surface area contributed by atoms with Crippen molar-refractivity contribution in [1.82, 2.24) is 0 Å². The third-order valence-corrected chi connectivity index (χ3v) is 4.57. The molecule has 0 aromatic heterocycles. The van der Waals surface area contributed by atoms with Crippen LogP contribution in [0.4, 0.5) is 0 Å². The molecule has 68 valence electrons. The molecule has 12 heavy (non-hydrogen) atoms. The largest absolute Gasteiger partial charge is 0.0726 e. The van der Waals surface area contributed by atoms with Gasteiger partial charge in [-0.1, -0.05) is 45.8 Å². The Morgan fingerprint density at radius 1 is 1.25 bits per heavy atom. The van der Waals surface area contributed by atoms with Gasteiger partial charge in [-0.2, -0.15) is 0 Å². The number of rotatable bonds is 4. The van der Waals surface area contributed by atoms with Gasteiger partial charge in [0.2, 0.25) is 0 Å². The minimum Gasteiger partial charge on any atom is -0.0726 e. The smallest absolute Gasteiger partial charge is 0.0194 e. The molecule has 2 aliphatic rings. The lowest BCUT2D eigenvalue weighted by Gasteiger charge is -2.28. The molecule has 3 atom stereocenters. The molecule has 0 aromatic carbocycles. The standard InChI is InChI=1S/C12H20/c1-5-9(4)12(7-3)10-8-11(10,12)6-2/h8-9H,5-7H2,1-4H3. The van der Waals surface area contributed by atoms with Gasteiger partial charge in [0.1, 0.15) is 0 Å². The molecule has 0 heteroatoms. The van der Waals surface area contributed by atoms with Crippen LogP contribution in [0.5, 0.6) is 0 Å². The first-order valence-electron chi connectivity index (χ1n) is 5.43. The number of fused-ring (bicyclic) bond motifs is 1. The van der Waals surface area contributed by atoms with Crippen LogP contribution >= 0.6 is 0 Å². The van der Waals surface area contributed by atoms with Crippen LogP contribution in [-0.4, -0.2) is 0 Å². The number of allylic oxidation sites excluding steroid dienone is 2. The monoisotopic (exact) mass is 164 g/mol. The second-order valence-corrected chi connectivity index (χ2v) is 4.52. The fraction of sp³-hybridized carbons (Fsp3) is 0.833. The molecule has 0 saturated heterocycles. The fourth-order valence-electron chi connectivity index (χ4n) is 3.49. The van der Waals surface area contributed by atoms with Crippen molar-refractivity contribution in [3.8, 4) is 0 Å². The van der Waals surface area contributed by atoms with Crippen molar-refractivity contribution >= 4 is 0 Å². The first kappa shape index (κ1) is 8.34. The van der Waals surface area contributed by atoms with Crippen LogP contribution in [-0.2, 0) is 0 Å². The summed E-state index contributed by atoms with van der Waals surface area (Å²) in [4.78, 5) is 0. The number of hydrogen-bond acceptors (Lipinski definition) is 0. The molecule has 1 fully saturated rings. The van der Waals surface area contributed by atoms with Crippen molar-refractivity contribution in [3.05, 3.63) is 11.6 Å². The number of hydrogen-bond donors (Lipinski definition) is 0. The molecule has 2 aliphatic carbocycles. The average molecular weight is 164 g/mol. The van der Waals surface area contributed by atoms with Gasteiger partial charge in [-0.05, 0) is 18.8 Å². The zero-order valence-corrected chi connectivity index (χ0v) is 8.78. The summed E-state index contributed by atoms with van der Waals surface area (Å²) in [5.74, 6) is 0.905. The second kappa shape index (κ2) is 2.16. The van der Waals surface area contributed by atoms with Crippen molar-refractivity contribution < 1.29 is 0 Å². The summed E-state index contributed by atoms with van der Waals surface area (Å²) < 4.78 is 0. The molecule has 0 aliphatic heterocycles. The van der Waals surface area contributed by atoms with E-state index in [1.54, 1.807) is 5.57 Å². The fourth-order valence-corrected chi connectivity index (χ4v) is 3.49. The second-order valence-electron chi connectivity index (χ2n) is 4.52. The van der Waals surface area contributed by atoms with E-state index < -0.39 is 0 Å². The van der Waals surface area contributed by atoms with E-state index in [4.69, 9.17) is 0 Å². The van der Waals surface area contributed by atoms with Gasteiger partial charge in [-0.3, -0.25) is 0 Å². The molecule has 1 saturated carbocycles. The third-order valence-electron chi connectivity index (χ3n) is 4.57. The molecule has 0 amide bonds. The molecular formula is C12H20. The Balaban J connectivity index is 2.16. The molecule has 3 unspecified atom stereocenters. The van der Waals surface area contributed by atoms with Crippen LogP contribution in [0.3, 0.4) is 0 Å². The topological polar surface area (TPSA) is 0 Å². The maximum Gasteiger partial charge on any atom is 0.0194 e. The Morgan fingerprint density at radius 2 is 1.92 bits per heavy atom. The molecule has 0 nitrogen and oxygen atoms in total. The van der Waals surface area contributed by atoms with E-state index in [2.05, 4.69) is 33.8 Å². The zero-order chi connectivity index (χ0) is 8.98. The van der Waals surface area contributed by atoms with Gasteiger partial charge in [0.15, 0.2) is 0 Å². The van der Waals surface area contributed by atoms with Gasteiger partial charge in [-0.15, -0.1) is 0 Å². The molecule has 2 rings (SSSR count). The lowest BCUT2D eigenvalue weighted by molar-refractivity contribution is 0.241. The summed E-state index contributed by atoms with van der Waals surface area (Å²) in [5.41, 5.74) is 3.10. The van der Waals surface area contributed by atoms with E-state index in [1.165, 1.54) is 19.3 Å². The van der Waals surface area contributed by atoms with Gasteiger partial charge in [0, 0.05) is 10.8 Å². The maximum absolute atomic E-state index is 2.50. The highest BCUT2D eigenvalue weighted by Gasteiger charge is 2.79. The maximum atomic E-state index is 2.50. The summed E-state index contributed by atoms with van der Waals surface area (Å²) in [6, 6.07) is 0. The Bertz CT molecular complexity index is 238. The summed E-state index contributed by atoms with van der Waals surface area (Å²) in [7, 11) is 0. The van der Waals surface area contributed by atoms with Crippen LogP contribution in [0, 0.1) is 16.7 Å². The Kier molecular flexibility index (Phi) is 1.50. The Hall–Kier alpha value is -0.260. The highest BCUT2D eigenvalue weighted by atomic mass is 14.8. The van der Waals surface area contributed by atoms with Crippen molar-refractivity contribution in [2.75, 3.05) is 0 Å². The van der Waals surface area contributed by atoms with Gasteiger partial charge < -0.3 is 0 Å². The van der Waals surface area contributed by atoms with E-state index in [9.17, 15) is 0 Å². The minimum absolute atomic E-state index is 0.636. The van der Waals surface area contributed by atoms with Crippen LogP contribution < -0.4 is 0 Å². The van der Waals surface area contributed by atoms with Crippen molar-refractivity contribution in [1.29, 1.82) is 0 Å². The van der Waals surface area contributed by atoms with Crippen LogP contribution in [0.2, 0.25) is 0 Å². The van der Waals surface area contributed by atoms with E-state index >= 15 is 0 Å². The van der Waals surface area contributed by atoms with Crippen molar-refractivity contribution in [2.24, 2.45) is 16.7 Å². The summed E-state index contributed by atoms with van der Waals surface area (Å²) in [6.45, 7) is 9.44. The van der Waals surface area contributed by atoms with Gasteiger partial charge in [0.25, 0.3) is 0 Å². The molecule has 0 heterocycles. The molecule has 0 spiro atoms. The molecule has 0 bridgehead atoms. The zero-order valence-electron chi connectivity index (χ0n) is 8.78. The van der Waals surface area contributed by atoms with Crippen molar-refractivity contribution in [2.45, 2.75) is 47.0 Å². The van der Waals surface area contributed by atoms with Gasteiger partial charge >= 0.3 is 0 Å². The van der Waals surface area contributed by atoms with Crippen LogP contribution in [0.25, 0.3) is 0 Å². The normalized spacial score (nSPS) is 44.8. The van der Waals surface area contributed by atoms with Gasteiger partial charge in [-0.25, -0.2) is 0 Å². The molecular weight excluding hydrogens is 144 g/mol. The third kappa shape index (κ3) is 0.582. The first-order chi connectivity index (χ1) is 5.69. The van der Waals surface area contributed by atoms with E-state index in [0.717, 1.165) is 5.92 Å². The van der Waals surface area contributed by atoms with E-state index in [0.29, 0.717) is 10.8 Å². The van der Waals surface area contributed by atoms with E-state index in [1.807, 2.05) is 0 Å². The highest BCUT2D eigenvalue weighted by Crippen LogP contribution is 2.87. The summed E-state index contributed by atoms with van der Waals surface area (Å²) >= 11 is 0. The van der Waals surface area contributed by atoms with Gasteiger partial charge in [0.05, 0.1) is 0 Å². The average Bonchev–Trinajstić information content (AvgIpc) is 2.92. The lowest BCUT2D eigenvalue weighted by Crippen LogP contribution is -2.21. The SMILES string of the molecule is CCC(C)C1(CC)C2=CC21CC. The Morgan fingerprint density at radius 3 is 2.17 bits per heavy atom. The van der Waals surface area contributed by atoms with Crippen LogP contribution in [0.15, 0.2) is 11.6 Å². The summed E-state index contributed by atoms with van der Waals surface area (Å²) in [5, 5.41) is 0. The summed E-state index contributed by atoms with van der Waals surface area (Å²) in [6.07, 6.45) is 6.55. The predicted octanol–water partition coefficient (Wildman–Crippen LogP) is 3.78. The predicted molar refractivity (Wildman–Crippen MR) is 53.0 cm³/mol. The highest BCUT2D eigenvalue weighted by molar-refractivity contribution is 5.66. The lowest BCUT2D eigenvalue weighted by atomic mass is 9.75. The first-order valence-corrected chi connectivity index (χ1v) is 5.43.